The Bertz CT molecular complexity index is 925. The summed E-state index contributed by atoms with van der Waals surface area (Å²) < 4.78 is 5.40. The van der Waals surface area contributed by atoms with Gasteiger partial charge in [-0.05, 0) is 41.3 Å². The summed E-state index contributed by atoms with van der Waals surface area (Å²) >= 11 is 0. The van der Waals surface area contributed by atoms with Gasteiger partial charge in [-0.3, -0.25) is 9.59 Å². The van der Waals surface area contributed by atoms with Crippen molar-refractivity contribution >= 4 is 17.5 Å². The molecule has 4 rings (SSSR count). The molecule has 6 heteroatoms. The molecule has 1 saturated heterocycles. The van der Waals surface area contributed by atoms with Gasteiger partial charge in [0, 0.05) is 32.6 Å². The van der Waals surface area contributed by atoms with Gasteiger partial charge in [0.2, 0.25) is 11.8 Å². The molecule has 1 fully saturated rings. The first kappa shape index (κ1) is 18.5. The number of benzene rings is 2. The van der Waals surface area contributed by atoms with Crippen LogP contribution >= 0.6 is 0 Å². The first-order valence-corrected chi connectivity index (χ1v) is 9.59. The predicted octanol–water partition coefficient (Wildman–Crippen LogP) is 2.28. The molecule has 2 aromatic rings. The van der Waals surface area contributed by atoms with Crippen LogP contribution in [-0.4, -0.2) is 25.5 Å². The van der Waals surface area contributed by atoms with E-state index in [4.69, 9.17) is 4.74 Å². The number of nitrogens with one attached hydrogen (secondary N) is 2. The summed E-state index contributed by atoms with van der Waals surface area (Å²) in [7, 11) is 1.59. The number of carbonyl (C=O) groups excluding carboxylic acids is 2. The number of carbonyl (C=O) groups is 2. The second-order valence-corrected chi connectivity index (χ2v) is 7.51. The number of hydrogen-bond donors (Lipinski definition) is 2. The van der Waals surface area contributed by atoms with Crippen LogP contribution in [0.4, 0.5) is 5.69 Å². The van der Waals surface area contributed by atoms with Gasteiger partial charge < -0.3 is 20.3 Å². The third-order valence-corrected chi connectivity index (χ3v) is 5.49. The maximum atomic E-state index is 12.7. The second kappa shape index (κ2) is 7.64. The van der Waals surface area contributed by atoms with E-state index in [2.05, 4.69) is 28.8 Å². The van der Waals surface area contributed by atoms with Gasteiger partial charge in [0.05, 0.1) is 18.7 Å². The van der Waals surface area contributed by atoms with Crippen LogP contribution in [0.2, 0.25) is 0 Å². The molecule has 1 atom stereocenters. The molecule has 2 amide bonds. The number of ether oxygens (including phenoxy) is 1. The lowest BCUT2D eigenvalue weighted by Crippen LogP contribution is -2.32. The third kappa shape index (κ3) is 3.60. The van der Waals surface area contributed by atoms with E-state index in [1.165, 1.54) is 11.1 Å². The van der Waals surface area contributed by atoms with Crippen molar-refractivity contribution in [2.75, 3.05) is 18.6 Å². The largest absolute Gasteiger partial charge is 0.495 e. The van der Waals surface area contributed by atoms with Crippen molar-refractivity contribution in [1.82, 2.24) is 10.6 Å². The lowest BCUT2D eigenvalue weighted by atomic mass is 10.1. The van der Waals surface area contributed by atoms with Crippen LogP contribution in [0.3, 0.4) is 0 Å². The summed E-state index contributed by atoms with van der Waals surface area (Å²) in [5.41, 5.74) is 5.47. The van der Waals surface area contributed by atoms with Crippen molar-refractivity contribution in [3.05, 3.63) is 58.7 Å². The van der Waals surface area contributed by atoms with E-state index >= 15 is 0 Å². The van der Waals surface area contributed by atoms with Gasteiger partial charge >= 0.3 is 0 Å². The van der Waals surface area contributed by atoms with Gasteiger partial charge in [-0.1, -0.05) is 24.3 Å². The van der Waals surface area contributed by atoms with Gasteiger partial charge in [-0.25, -0.2) is 0 Å². The summed E-state index contributed by atoms with van der Waals surface area (Å²) in [6.07, 6.45) is 0.219. The molecule has 2 aliphatic heterocycles. The number of anilines is 1. The van der Waals surface area contributed by atoms with Crippen LogP contribution in [0, 0.1) is 12.8 Å². The van der Waals surface area contributed by atoms with Crippen molar-refractivity contribution in [3.8, 4) is 5.75 Å². The Kier molecular flexibility index (Phi) is 5.05. The third-order valence-electron chi connectivity index (χ3n) is 5.49. The van der Waals surface area contributed by atoms with Crippen molar-refractivity contribution in [2.24, 2.45) is 5.92 Å². The number of aryl methyl sites for hydroxylation is 1. The van der Waals surface area contributed by atoms with Crippen LogP contribution < -0.4 is 20.3 Å². The summed E-state index contributed by atoms with van der Waals surface area (Å²) in [5.74, 6) is 0.161. The van der Waals surface area contributed by atoms with Crippen LogP contribution in [0.15, 0.2) is 36.4 Å². The normalized spacial score (nSPS) is 18.3. The van der Waals surface area contributed by atoms with E-state index in [0.717, 1.165) is 29.9 Å². The molecule has 0 bridgehead atoms. The SMILES string of the molecule is COc1ccc(C)cc1N1CC(C(=O)NCc2ccc3c(c2)CNC3)CC1=O. The fraction of sp³-hybridized carbons (Fsp3) is 0.364. The molecule has 146 valence electrons. The molecule has 0 radical (unpaired) electrons. The summed E-state index contributed by atoms with van der Waals surface area (Å²) in [6.45, 7) is 4.61. The standard InChI is InChI=1S/C22H25N3O3/c1-14-3-6-20(28-2)19(7-14)25-13-18(9-21(25)26)22(27)24-10-15-4-5-16-11-23-12-17(16)8-15/h3-8,18,23H,9-13H2,1-2H3,(H,24,27). The minimum absolute atomic E-state index is 0.0485. The van der Waals surface area contributed by atoms with Gasteiger partial charge in [-0.2, -0.15) is 0 Å². The molecule has 6 nitrogen and oxygen atoms in total. The zero-order valence-corrected chi connectivity index (χ0v) is 16.2. The van der Waals surface area contributed by atoms with Crippen molar-refractivity contribution < 1.29 is 14.3 Å². The fourth-order valence-electron chi connectivity index (χ4n) is 3.92. The Balaban J connectivity index is 1.41. The second-order valence-electron chi connectivity index (χ2n) is 7.51. The molecule has 2 aliphatic rings. The lowest BCUT2D eigenvalue weighted by Gasteiger charge is -2.20. The molecule has 2 heterocycles. The predicted molar refractivity (Wildman–Crippen MR) is 107 cm³/mol. The molecule has 28 heavy (non-hydrogen) atoms. The van der Waals surface area contributed by atoms with E-state index < -0.39 is 0 Å². The number of fused-ring (bicyclic) bond motifs is 1. The first-order chi connectivity index (χ1) is 13.5. The van der Waals surface area contributed by atoms with Crippen molar-refractivity contribution in [2.45, 2.75) is 33.0 Å². The summed E-state index contributed by atoms with van der Waals surface area (Å²) in [5, 5.41) is 6.32. The van der Waals surface area contributed by atoms with Crippen molar-refractivity contribution in [3.63, 3.8) is 0 Å². The number of nitrogens with zero attached hydrogens (tertiary/aromatic N) is 1. The van der Waals surface area contributed by atoms with Gasteiger partial charge in [0.15, 0.2) is 0 Å². The molecule has 2 aromatic carbocycles. The minimum Gasteiger partial charge on any atom is -0.495 e. The van der Waals surface area contributed by atoms with E-state index in [1.54, 1.807) is 12.0 Å². The van der Waals surface area contributed by atoms with Gasteiger partial charge in [-0.15, -0.1) is 0 Å². The molecule has 0 saturated carbocycles. The van der Waals surface area contributed by atoms with E-state index in [9.17, 15) is 9.59 Å². The molecular formula is C22H25N3O3. The summed E-state index contributed by atoms with van der Waals surface area (Å²) in [4.78, 5) is 26.9. The maximum Gasteiger partial charge on any atom is 0.227 e. The Morgan fingerprint density at radius 3 is 2.86 bits per heavy atom. The smallest absolute Gasteiger partial charge is 0.227 e. The van der Waals surface area contributed by atoms with Gasteiger partial charge in [0.1, 0.15) is 5.75 Å². The average Bonchev–Trinajstić information content (AvgIpc) is 3.32. The monoisotopic (exact) mass is 379 g/mol. The molecular weight excluding hydrogens is 354 g/mol. The van der Waals surface area contributed by atoms with Crippen LogP contribution in [0.1, 0.15) is 28.7 Å². The lowest BCUT2D eigenvalue weighted by molar-refractivity contribution is -0.126. The van der Waals surface area contributed by atoms with Gasteiger partial charge in [0.25, 0.3) is 0 Å². The number of methoxy groups -OCH3 is 1. The van der Waals surface area contributed by atoms with Crippen LogP contribution in [0.5, 0.6) is 5.75 Å². The number of rotatable bonds is 5. The Morgan fingerprint density at radius 1 is 1.21 bits per heavy atom. The minimum atomic E-state index is -0.353. The fourth-order valence-corrected chi connectivity index (χ4v) is 3.92. The molecule has 0 aromatic heterocycles. The average molecular weight is 379 g/mol. The van der Waals surface area contributed by atoms with Crippen LogP contribution in [-0.2, 0) is 29.2 Å². The Morgan fingerprint density at radius 2 is 2.04 bits per heavy atom. The molecule has 2 N–H and O–H groups in total. The molecule has 0 aliphatic carbocycles. The zero-order valence-electron chi connectivity index (χ0n) is 16.2. The first-order valence-electron chi connectivity index (χ1n) is 9.59. The highest BCUT2D eigenvalue weighted by Gasteiger charge is 2.36. The number of amides is 2. The van der Waals surface area contributed by atoms with Crippen LogP contribution in [0.25, 0.3) is 0 Å². The molecule has 0 spiro atoms. The zero-order chi connectivity index (χ0) is 19.7. The Labute approximate surface area is 164 Å². The highest BCUT2D eigenvalue weighted by atomic mass is 16.5. The highest BCUT2D eigenvalue weighted by molar-refractivity contribution is 6.01. The van der Waals surface area contributed by atoms with E-state index in [-0.39, 0.29) is 24.2 Å². The number of hydrogen-bond acceptors (Lipinski definition) is 4. The Hall–Kier alpha value is -2.86. The topological polar surface area (TPSA) is 70.7 Å². The molecule has 1 unspecified atom stereocenters. The summed E-state index contributed by atoms with van der Waals surface area (Å²) in [6, 6.07) is 12.0. The van der Waals surface area contributed by atoms with E-state index in [1.807, 2.05) is 25.1 Å². The maximum absolute atomic E-state index is 12.7. The highest BCUT2D eigenvalue weighted by Crippen LogP contribution is 2.34. The van der Waals surface area contributed by atoms with E-state index in [0.29, 0.717) is 18.8 Å². The quantitative estimate of drug-likeness (QED) is 0.836. The van der Waals surface area contributed by atoms with Crippen molar-refractivity contribution in [1.29, 1.82) is 0 Å².